The summed E-state index contributed by atoms with van der Waals surface area (Å²) in [6.45, 7) is 2.82. The van der Waals surface area contributed by atoms with Crippen LogP contribution in [-0.4, -0.2) is 39.4 Å². The first-order valence-electron chi connectivity index (χ1n) is 11.8. The molecule has 1 aromatic carbocycles. The quantitative estimate of drug-likeness (QED) is 0.601. The number of nitrogens with one attached hydrogen (secondary N) is 1. The smallest absolute Gasteiger partial charge is 0.271 e. The highest BCUT2D eigenvalue weighted by molar-refractivity contribution is 6.02. The molecule has 6 nitrogen and oxygen atoms in total. The van der Waals surface area contributed by atoms with Crippen molar-refractivity contribution in [1.82, 2.24) is 14.8 Å². The molecule has 1 atom stereocenters. The van der Waals surface area contributed by atoms with E-state index >= 15 is 0 Å². The minimum Gasteiger partial charge on any atom is -0.463 e. The van der Waals surface area contributed by atoms with Crippen LogP contribution >= 0.6 is 0 Å². The molecule has 1 aliphatic heterocycles. The van der Waals surface area contributed by atoms with Crippen molar-refractivity contribution < 1.29 is 14.0 Å². The molecule has 0 saturated heterocycles. The third-order valence-corrected chi connectivity index (χ3v) is 7.20. The van der Waals surface area contributed by atoms with Crippen LogP contribution in [0.1, 0.15) is 61.5 Å². The lowest BCUT2D eigenvalue weighted by molar-refractivity contribution is -0.133. The lowest BCUT2D eigenvalue weighted by Gasteiger charge is -2.44. The monoisotopic (exact) mass is 433 g/mol. The van der Waals surface area contributed by atoms with E-state index in [0.29, 0.717) is 30.8 Å². The molecule has 3 aromatic rings. The molecule has 2 amide bonds. The van der Waals surface area contributed by atoms with Crippen molar-refractivity contribution in [2.45, 2.75) is 70.0 Å². The highest BCUT2D eigenvalue weighted by atomic mass is 16.3. The predicted octanol–water partition coefficient (Wildman–Crippen LogP) is 4.53. The van der Waals surface area contributed by atoms with Crippen molar-refractivity contribution in [1.29, 1.82) is 0 Å². The Hall–Kier alpha value is -3.02. The fourth-order valence-electron chi connectivity index (χ4n) is 5.27. The number of benzene rings is 1. The Morgan fingerprint density at radius 3 is 2.62 bits per heavy atom. The number of aromatic nitrogens is 1. The van der Waals surface area contributed by atoms with Crippen molar-refractivity contribution >= 4 is 22.9 Å². The molecule has 32 heavy (non-hydrogen) atoms. The summed E-state index contributed by atoms with van der Waals surface area (Å²) in [4.78, 5) is 29.2. The van der Waals surface area contributed by atoms with Gasteiger partial charge < -0.3 is 19.2 Å². The lowest BCUT2D eigenvalue weighted by Crippen LogP contribution is -2.65. The van der Waals surface area contributed by atoms with Gasteiger partial charge in [-0.3, -0.25) is 9.59 Å². The molecule has 2 aliphatic rings. The van der Waals surface area contributed by atoms with E-state index in [1.54, 1.807) is 17.2 Å². The van der Waals surface area contributed by atoms with Gasteiger partial charge in [0.05, 0.1) is 18.3 Å². The standard InChI is InChI=1S/C26H31N3O3/c1-26(25(31)27-20-11-7-2-3-8-12-20)18-28-21-14-16-32-23(21)17-22(28)24(30)29(26)15-13-19-9-5-4-6-10-19/h4-6,9-10,14,16-17,20H,2-3,7-8,11-13,15,18H2,1H3,(H,27,31)/t26-/m1/s1. The van der Waals surface area contributed by atoms with E-state index in [4.69, 9.17) is 4.42 Å². The average molecular weight is 434 g/mol. The van der Waals surface area contributed by atoms with E-state index in [-0.39, 0.29) is 17.9 Å². The molecule has 1 aliphatic carbocycles. The number of furan rings is 1. The number of carbonyl (C=O) groups is 2. The van der Waals surface area contributed by atoms with E-state index in [0.717, 1.165) is 36.8 Å². The van der Waals surface area contributed by atoms with Gasteiger partial charge in [0, 0.05) is 24.7 Å². The van der Waals surface area contributed by atoms with Crippen LogP contribution in [-0.2, 0) is 17.8 Å². The van der Waals surface area contributed by atoms with Gasteiger partial charge in [-0.15, -0.1) is 0 Å². The van der Waals surface area contributed by atoms with Gasteiger partial charge >= 0.3 is 0 Å². The van der Waals surface area contributed by atoms with Gasteiger partial charge in [-0.2, -0.15) is 0 Å². The van der Waals surface area contributed by atoms with Crippen molar-refractivity contribution in [3.05, 3.63) is 60.0 Å². The molecule has 0 unspecified atom stereocenters. The van der Waals surface area contributed by atoms with E-state index in [2.05, 4.69) is 17.4 Å². The summed E-state index contributed by atoms with van der Waals surface area (Å²) in [5.41, 5.74) is 2.33. The molecule has 1 saturated carbocycles. The molecule has 3 heterocycles. The summed E-state index contributed by atoms with van der Waals surface area (Å²) in [7, 11) is 0. The number of nitrogens with zero attached hydrogens (tertiary/aromatic N) is 2. The molecule has 0 spiro atoms. The molecule has 6 heteroatoms. The van der Waals surface area contributed by atoms with Gasteiger partial charge in [0.15, 0.2) is 5.58 Å². The zero-order valence-corrected chi connectivity index (χ0v) is 18.7. The Kier molecular flexibility index (Phi) is 5.53. The molecule has 0 radical (unpaired) electrons. The Morgan fingerprint density at radius 1 is 1.12 bits per heavy atom. The van der Waals surface area contributed by atoms with Crippen LogP contribution in [0.3, 0.4) is 0 Å². The zero-order valence-electron chi connectivity index (χ0n) is 18.7. The number of carbonyl (C=O) groups excluding carboxylic acids is 2. The minimum atomic E-state index is -0.964. The number of hydrogen-bond donors (Lipinski definition) is 1. The highest BCUT2D eigenvalue weighted by Gasteiger charge is 2.48. The summed E-state index contributed by atoms with van der Waals surface area (Å²) in [5.74, 6) is -0.168. The third-order valence-electron chi connectivity index (χ3n) is 7.20. The number of hydrogen-bond acceptors (Lipinski definition) is 3. The molecular weight excluding hydrogens is 402 g/mol. The van der Waals surface area contributed by atoms with Crippen molar-refractivity contribution in [3.8, 4) is 0 Å². The molecule has 1 N–H and O–H groups in total. The second-order valence-electron chi connectivity index (χ2n) is 9.41. The lowest BCUT2D eigenvalue weighted by atomic mass is 9.93. The number of amides is 2. The Bertz CT molecular complexity index is 1110. The first-order valence-corrected chi connectivity index (χ1v) is 11.8. The van der Waals surface area contributed by atoms with Gasteiger partial charge in [0.2, 0.25) is 5.91 Å². The molecule has 1 fully saturated rings. The van der Waals surface area contributed by atoms with E-state index in [1.807, 2.05) is 35.8 Å². The predicted molar refractivity (Wildman–Crippen MR) is 123 cm³/mol. The van der Waals surface area contributed by atoms with Crippen LogP contribution in [0, 0.1) is 0 Å². The second-order valence-corrected chi connectivity index (χ2v) is 9.41. The van der Waals surface area contributed by atoms with Crippen LogP contribution in [0.5, 0.6) is 0 Å². The van der Waals surface area contributed by atoms with Gasteiger partial charge in [-0.25, -0.2) is 0 Å². The minimum absolute atomic E-state index is 0.0539. The van der Waals surface area contributed by atoms with Crippen LogP contribution in [0.25, 0.3) is 11.1 Å². The average Bonchev–Trinajstić information content (AvgIpc) is 3.29. The zero-order chi connectivity index (χ0) is 22.1. The fraction of sp³-hybridized carbons (Fsp3) is 0.462. The van der Waals surface area contributed by atoms with Gasteiger partial charge in [-0.1, -0.05) is 56.0 Å². The SMILES string of the molecule is C[C@]1(C(=O)NC2CCCCCC2)Cn2c(cc3occc32)C(=O)N1CCc1ccccc1. The first-order chi connectivity index (χ1) is 15.6. The van der Waals surface area contributed by atoms with Crippen LogP contribution < -0.4 is 5.32 Å². The fourth-order valence-corrected chi connectivity index (χ4v) is 5.27. The number of rotatable bonds is 5. The van der Waals surface area contributed by atoms with Crippen molar-refractivity contribution in [3.63, 3.8) is 0 Å². The highest BCUT2D eigenvalue weighted by Crippen LogP contribution is 2.33. The van der Waals surface area contributed by atoms with E-state index < -0.39 is 5.54 Å². The van der Waals surface area contributed by atoms with Crippen LogP contribution in [0.4, 0.5) is 0 Å². The van der Waals surface area contributed by atoms with Gasteiger partial charge in [0.25, 0.3) is 5.91 Å². The summed E-state index contributed by atoms with van der Waals surface area (Å²) in [5, 5.41) is 3.31. The molecule has 5 rings (SSSR count). The van der Waals surface area contributed by atoms with Gasteiger partial charge in [-0.05, 0) is 31.7 Å². The van der Waals surface area contributed by atoms with Gasteiger partial charge in [0.1, 0.15) is 11.2 Å². The maximum atomic E-state index is 13.7. The normalized spacial score (nSPS) is 22.0. The maximum Gasteiger partial charge on any atom is 0.271 e. The summed E-state index contributed by atoms with van der Waals surface area (Å²) >= 11 is 0. The molecular formula is C26H31N3O3. The first kappa shape index (κ1) is 20.9. The Balaban J connectivity index is 1.46. The Labute approximate surface area is 188 Å². The molecule has 0 bridgehead atoms. The molecule has 2 aromatic heterocycles. The third kappa shape index (κ3) is 3.72. The van der Waals surface area contributed by atoms with Crippen molar-refractivity contribution in [2.24, 2.45) is 0 Å². The number of fused-ring (bicyclic) bond motifs is 3. The molecule has 168 valence electrons. The largest absolute Gasteiger partial charge is 0.463 e. The van der Waals surface area contributed by atoms with Crippen LogP contribution in [0.15, 0.2) is 53.1 Å². The summed E-state index contributed by atoms with van der Waals surface area (Å²) < 4.78 is 7.51. The van der Waals surface area contributed by atoms with Crippen LogP contribution in [0.2, 0.25) is 0 Å². The maximum absolute atomic E-state index is 13.7. The summed E-state index contributed by atoms with van der Waals surface area (Å²) in [6, 6.07) is 14.0. The Morgan fingerprint density at radius 2 is 1.88 bits per heavy atom. The second kappa shape index (κ2) is 8.49. The van der Waals surface area contributed by atoms with E-state index in [1.165, 1.54) is 12.8 Å². The topological polar surface area (TPSA) is 67.5 Å². The summed E-state index contributed by atoms with van der Waals surface area (Å²) in [6.07, 6.45) is 9.13. The van der Waals surface area contributed by atoms with Crippen molar-refractivity contribution in [2.75, 3.05) is 6.54 Å². The van der Waals surface area contributed by atoms with E-state index in [9.17, 15) is 9.59 Å².